The number of hydrogen-bond acceptors (Lipinski definition) is 0. The second-order valence-corrected chi connectivity index (χ2v) is 3.47. The van der Waals surface area contributed by atoms with Crippen LogP contribution in [0.3, 0.4) is 0 Å². The minimum absolute atomic E-state index is 0.682. The van der Waals surface area contributed by atoms with Crippen molar-refractivity contribution in [3.63, 3.8) is 0 Å². The third-order valence-corrected chi connectivity index (χ3v) is 1.65. The van der Waals surface area contributed by atoms with Gasteiger partial charge >= 0.3 is 0 Å². The highest BCUT2D eigenvalue weighted by Gasteiger charge is 1.94. The predicted molar refractivity (Wildman–Crippen MR) is 52.6 cm³/mol. The zero-order valence-corrected chi connectivity index (χ0v) is 8.01. The van der Waals surface area contributed by atoms with Crippen LogP contribution in [0.25, 0.3) is 0 Å². The summed E-state index contributed by atoms with van der Waals surface area (Å²) in [5, 5.41) is 0. The third-order valence-electron chi connectivity index (χ3n) is 1.65. The zero-order valence-electron chi connectivity index (χ0n) is 8.01. The van der Waals surface area contributed by atoms with E-state index in [1.165, 1.54) is 6.42 Å². The lowest BCUT2D eigenvalue weighted by Crippen LogP contribution is -1.89. The van der Waals surface area contributed by atoms with E-state index in [0.717, 1.165) is 6.42 Å². The van der Waals surface area contributed by atoms with E-state index in [-0.39, 0.29) is 0 Å². The fourth-order valence-corrected chi connectivity index (χ4v) is 0.889. The largest absolute Gasteiger partial charge is 0.103 e. The van der Waals surface area contributed by atoms with Crippen molar-refractivity contribution in [1.82, 2.24) is 0 Å². The summed E-state index contributed by atoms with van der Waals surface area (Å²) < 4.78 is 0. The smallest absolute Gasteiger partial charge is 0.0259 e. The summed E-state index contributed by atoms with van der Waals surface area (Å²) in [5.41, 5.74) is 0. The molecule has 1 atom stereocenters. The number of hydrogen-bond donors (Lipinski definition) is 0. The Morgan fingerprint density at radius 3 is 2.27 bits per heavy atom. The zero-order chi connectivity index (χ0) is 8.69. The number of allylic oxidation sites excluding steroid dienone is 3. The van der Waals surface area contributed by atoms with E-state index in [9.17, 15) is 0 Å². The van der Waals surface area contributed by atoms with E-state index in [0.29, 0.717) is 11.8 Å². The fourth-order valence-electron chi connectivity index (χ4n) is 0.889. The summed E-state index contributed by atoms with van der Waals surface area (Å²) >= 11 is 0. The van der Waals surface area contributed by atoms with Gasteiger partial charge in [0.2, 0.25) is 0 Å². The van der Waals surface area contributed by atoms with Gasteiger partial charge in [-0.2, -0.15) is 0 Å². The highest BCUT2D eigenvalue weighted by molar-refractivity contribution is 4.89. The molecule has 0 aromatic heterocycles. The second-order valence-electron chi connectivity index (χ2n) is 3.47. The van der Waals surface area contributed by atoms with Crippen LogP contribution in [-0.2, 0) is 0 Å². The Kier molecular flexibility index (Phi) is 5.91. The summed E-state index contributed by atoms with van der Waals surface area (Å²) in [4.78, 5) is 0. The van der Waals surface area contributed by atoms with E-state index in [1.54, 1.807) is 0 Å². The molecule has 64 valence electrons. The van der Waals surface area contributed by atoms with Gasteiger partial charge in [0, 0.05) is 0 Å². The quantitative estimate of drug-likeness (QED) is 0.526. The van der Waals surface area contributed by atoms with Gasteiger partial charge in [0.05, 0.1) is 0 Å². The standard InChI is InChI=1S/C11H20/c1-5-6-7-11(4)9-8-10(2)3/h5,8-11H,1,6-7H2,2-4H3. The lowest BCUT2D eigenvalue weighted by atomic mass is 10.0. The predicted octanol–water partition coefficient (Wildman–Crippen LogP) is 3.80. The maximum absolute atomic E-state index is 3.70. The lowest BCUT2D eigenvalue weighted by molar-refractivity contribution is 0.650. The molecule has 0 aliphatic heterocycles. The van der Waals surface area contributed by atoms with Crippen molar-refractivity contribution in [3.8, 4) is 0 Å². The Hall–Kier alpha value is -0.520. The summed E-state index contributed by atoms with van der Waals surface area (Å²) in [6.45, 7) is 10.4. The molecule has 0 heteroatoms. The fraction of sp³-hybridized carbons (Fsp3) is 0.636. The molecule has 0 fully saturated rings. The van der Waals surface area contributed by atoms with Gasteiger partial charge in [-0.3, -0.25) is 0 Å². The summed E-state index contributed by atoms with van der Waals surface area (Å²) in [7, 11) is 0. The molecule has 0 aliphatic carbocycles. The number of rotatable bonds is 5. The van der Waals surface area contributed by atoms with Crippen molar-refractivity contribution >= 4 is 0 Å². The van der Waals surface area contributed by atoms with Crippen molar-refractivity contribution in [2.24, 2.45) is 11.8 Å². The van der Waals surface area contributed by atoms with Gasteiger partial charge in [0.15, 0.2) is 0 Å². The molecule has 0 amide bonds. The van der Waals surface area contributed by atoms with Gasteiger partial charge in [0.25, 0.3) is 0 Å². The first-order valence-electron chi connectivity index (χ1n) is 4.46. The Labute approximate surface area is 71.0 Å². The molecule has 0 spiro atoms. The Balaban J connectivity index is 3.50. The average molecular weight is 152 g/mol. The first-order valence-corrected chi connectivity index (χ1v) is 4.46. The van der Waals surface area contributed by atoms with Crippen LogP contribution < -0.4 is 0 Å². The van der Waals surface area contributed by atoms with E-state index >= 15 is 0 Å². The topological polar surface area (TPSA) is 0 Å². The van der Waals surface area contributed by atoms with Gasteiger partial charge in [-0.1, -0.05) is 39.0 Å². The third kappa shape index (κ3) is 7.38. The summed E-state index contributed by atoms with van der Waals surface area (Å²) in [6, 6.07) is 0. The first kappa shape index (κ1) is 10.5. The van der Waals surface area contributed by atoms with Crippen LogP contribution in [0.4, 0.5) is 0 Å². The highest BCUT2D eigenvalue weighted by atomic mass is 14.0. The van der Waals surface area contributed by atoms with Gasteiger partial charge < -0.3 is 0 Å². The van der Waals surface area contributed by atoms with Crippen molar-refractivity contribution in [1.29, 1.82) is 0 Å². The molecule has 0 N–H and O–H groups in total. The molecule has 0 saturated carbocycles. The lowest BCUT2D eigenvalue weighted by Gasteiger charge is -2.03. The van der Waals surface area contributed by atoms with Crippen LogP contribution in [0.5, 0.6) is 0 Å². The Bertz CT molecular complexity index is 120. The molecular weight excluding hydrogens is 132 g/mol. The normalized spacial score (nSPS) is 14.2. The summed E-state index contributed by atoms with van der Waals surface area (Å²) in [6.07, 6.45) is 8.91. The van der Waals surface area contributed by atoms with Crippen molar-refractivity contribution in [2.75, 3.05) is 0 Å². The molecule has 11 heavy (non-hydrogen) atoms. The molecule has 0 nitrogen and oxygen atoms in total. The molecule has 0 radical (unpaired) electrons. The SMILES string of the molecule is C=CCCC(C)C=CC(C)C. The van der Waals surface area contributed by atoms with Gasteiger partial charge in [-0.05, 0) is 24.7 Å². The van der Waals surface area contributed by atoms with Gasteiger partial charge in [-0.15, -0.1) is 6.58 Å². The molecule has 0 aliphatic rings. The Morgan fingerprint density at radius 2 is 1.82 bits per heavy atom. The van der Waals surface area contributed by atoms with E-state index < -0.39 is 0 Å². The monoisotopic (exact) mass is 152 g/mol. The molecule has 1 unspecified atom stereocenters. The molecule has 0 saturated heterocycles. The van der Waals surface area contributed by atoms with Crippen molar-refractivity contribution < 1.29 is 0 Å². The average Bonchev–Trinajstić information content (AvgIpc) is 1.97. The van der Waals surface area contributed by atoms with Gasteiger partial charge in [0.1, 0.15) is 0 Å². The molecule has 0 aromatic carbocycles. The van der Waals surface area contributed by atoms with E-state index in [1.807, 2.05) is 6.08 Å². The van der Waals surface area contributed by atoms with E-state index in [2.05, 4.69) is 39.5 Å². The molecule has 0 heterocycles. The van der Waals surface area contributed by atoms with Crippen LogP contribution in [0.15, 0.2) is 24.8 Å². The Morgan fingerprint density at radius 1 is 1.18 bits per heavy atom. The van der Waals surface area contributed by atoms with Crippen LogP contribution in [0, 0.1) is 11.8 Å². The van der Waals surface area contributed by atoms with Crippen LogP contribution >= 0.6 is 0 Å². The van der Waals surface area contributed by atoms with Gasteiger partial charge in [-0.25, -0.2) is 0 Å². The van der Waals surface area contributed by atoms with Crippen molar-refractivity contribution in [2.45, 2.75) is 33.6 Å². The summed E-state index contributed by atoms with van der Waals surface area (Å²) in [5.74, 6) is 1.39. The minimum atomic E-state index is 0.682. The van der Waals surface area contributed by atoms with Crippen molar-refractivity contribution in [3.05, 3.63) is 24.8 Å². The van der Waals surface area contributed by atoms with Crippen LogP contribution in [-0.4, -0.2) is 0 Å². The maximum atomic E-state index is 3.70. The molecule has 0 bridgehead atoms. The molecular formula is C11H20. The minimum Gasteiger partial charge on any atom is -0.103 e. The second kappa shape index (κ2) is 6.21. The molecule has 0 rings (SSSR count). The maximum Gasteiger partial charge on any atom is -0.0259 e. The van der Waals surface area contributed by atoms with Crippen LogP contribution in [0.2, 0.25) is 0 Å². The first-order chi connectivity index (χ1) is 5.16. The van der Waals surface area contributed by atoms with E-state index in [4.69, 9.17) is 0 Å². The molecule has 0 aromatic rings. The van der Waals surface area contributed by atoms with Crippen LogP contribution in [0.1, 0.15) is 33.6 Å². The highest BCUT2D eigenvalue weighted by Crippen LogP contribution is 2.08.